The average molecular weight is 508 g/mol. The molecule has 0 radical (unpaired) electrons. The Morgan fingerprint density at radius 1 is 1.27 bits per heavy atom. The SMILES string of the molecule is CNC(=O)c1cc(C#N)cc(C)c1N=c1oc2cccnc2n2nc(Cn3nnc(C(F)(F)F)n3)cc12. The highest BCUT2D eigenvalue weighted by Crippen LogP contribution is 2.27. The number of halogens is 3. The van der Waals surface area contributed by atoms with Crippen LogP contribution in [0.3, 0.4) is 0 Å². The number of alkyl halides is 3. The van der Waals surface area contributed by atoms with E-state index in [1.54, 1.807) is 25.1 Å². The smallest absolute Gasteiger partial charge is 0.433 e. The minimum atomic E-state index is -4.73. The number of rotatable bonds is 4. The van der Waals surface area contributed by atoms with Gasteiger partial charge in [-0.05, 0) is 48.0 Å². The van der Waals surface area contributed by atoms with Crippen LogP contribution in [0.15, 0.2) is 45.9 Å². The summed E-state index contributed by atoms with van der Waals surface area (Å²) in [6, 6.07) is 9.83. The van der Waals surface area contributed by atoms with Gasteiger partial charge in [0.25, 0.3) is 11.7 Å². The molecule has 1 N–H and O–H groups in total. The van der Waals surface area contributed by atoms with Gasteiger partial charge in [-0.15, -0.1) is 10.2 Å². The zero-order chi connectivity index (χ0) is 26.3. The molecule has 0 aliphatic heterocycles. The first-order chi connectivity index (χ1) is 17.7. The van der Waals surface area contributed by atoms with Crippen molar-refractivity contribution in [3.8, 4) is 6.07 Å². The molecule has 1 aromatic carbocycles. The molecule has 0 fully saturated rings. The minimum Gasteiger partial charge on any atom is -0.433 e. The summed E-state index contributed by atoms with van der Waals surface area (Å²) >= 11 is 0. The van der Waals surface area contributed by atoms with Crippen molar-refractivity contribution in [1.29, 1.82) is 5.26 Å². The first-order valence-corrected chi connectivity index (χ1v) is 10.6. The van der Waals surface area contributed by atoms with Gasteiger partial charge >= 0.3 is 6.18 Å². The minimum absolute atomic E-state index is 0.0553. The maximum Gasteiger partial charge on any atom is 0.455 e. The molecule has 5 aromatic rings. The highest BCUT2D eigenvalue weighted by Gasteiger charge is 2.36. The second-order valence-electron chi connectivity index (χ2n) is 7.80. The van der Waals surface area contributed by atoms with E-state index in [9.17, 15) is 23.2 Å². The fourth-order valence-corrected chi connectivity index (χ4v) is 3.65. The number of nitriles is 1. The summed E-state index contributed by atoms with van der Waals surface area (Å²) in [5.74, 6) is -1.82. The molecule has 0 atom stereocenters. The zero-order valence-electron chi connectivity index (χ0n) is 19.1. The summed E-state index contributed by atoms with van der Waals surface area (Å²) in [5, 5.41) is 26.1. The Morgan fingerprint density at radius 2 is 2.08 bits per heavy atom. The molecule has 37 heavy (non-hydrogen) atoms. The Hall–Kier alpha value is -5.13. The number of carbonyl (C=O) groups excluding carboxylic acids is 1. The number of amides is 1. The van der Waals surface area contributed by atoms with E-state index in [0.717, 1.165) is 4.80 Å². The fourth-order valence-electron chi connectivity index (χ4n) is 3.65. The van der Waals surface area contributed by atoms with Crippen LogP contribution >= 0.6 is 0 Å². The van der Waals surface area contributed by atoms with Crippen LogP contribution in [0.5, 0.6) is 0 Å². The molecule has 0 aliphatic carbocycles. The van der Waals surface area contributed by atoms with Crippen molar-refractivity contribution in [3.63, 3.8) is 0 Å². The second kappa shape index (κ2) is 8.82. The molecule has 186 valence electrons. The highest BCUT2D eigenvalue weighted by molar-refractivity contribution is 5.99. The third-order valence-corrected chi connectivity index (χ3v) is 5.26. The van der Waals surface area contributed by atoms with E-state index < -0.39 is 17.9 Å². The Bertz CT molecular complexity index is 1790. The van der Waals surface area contributed by atoms with Crippen LogP contribution in [-0.4, -0.2) is 47.8 Å². The number of benzene rings is 1. The van der Waals surface area contributed by atoms with Crippen molar-refractivity contribution >= 4 is 28.3 Å². The largest absolute Gasteiger partial charge is 0.455 e. The molecule has 0 bridgehead atoms. The summed E-state index contributed by atoms with van der Waals surface area (Å²) in [7, 11) is 1.45. The number of fused-ring (bicyclic) bond motifs is 3. The fraction of sp³-hybridized carbons (Fsp3) is 0.182. The van der Waals surface area contributed by atoms with Crippen molar-refractivity contribution in [2.24, 2.45) is 4.99 Å². The summed E-state index contributed by atoms with van der Waals surface area (Å²) in [4.78, 5) is 22.2. The summed E-state index contributed by atoms with van der Waals surface area (Å²) in [6.45, 7) is 1.47. The Balaban J connectivity index is 1.72. The zero-order valence-corrected chi connectivity index (χ0v) is 19.1. The van der Waals surface area contributed by atoms with E-state index in [4.69, 9.17) is 4.42 Å². The van der Waals surface area contributed by atoms with Crippen molar-refractivity contribution in [3.05, 3.63) is 70.3 Å². The number of hydrogen-bond donors (Lipinski definition) is 1. The molecule has 0 spiro atoms. The van der Waals surface area contributed by atoms with Crippen molar-refractivity contribution in [2.45, 2.75) is 19.6 Å². The quantitative estimate of drug-likeness (QED) is 0.388. The number of pyridine rings is 1. The number of tetrazole rings is 1. The first kappa shape index (κ1) is 23.6. The van der Waals surface area contributed by atoms with Gasteiger partial charge in [-0.2, -0.15) is 28.3 Å². The van der Waals surface area contributed by atoms with Gasteiger partial charge in [-0.3, -0.25) is 4.79 Å². The molecule has 4 heterocycles. The Morgan fingerprint density at radius 3 is 2.78 bits per heavy atom. The van der Waals surface area contributed by atoms with Crippen LogP contribution in [-0.2, 0) is 12.7 Å². The van der Waals surface area contributed by atoms with E-state index in [-0.39, 0.29) is 34.6 Å². The van der Waals surface area contributed by atoms with Crippen LogP contribution in [0.2, 0.25) is 0 Å². The summed E-state index contributed by atoms with van der Waals surface area (Å²) in [5.41, 5.74) is 2.55. The topological polar surface area (TPSA) is 152 Å². The number of aromatic nitrogens is 7. The number of nitrogens with zero attached hydrogens (tertiary/aromatic N) is 9. The van der Waals surface area contributed by atoms with Crippen LogP contribution in [0.25, 0.3) is 16.7 Å². The number of hydrogen-bond acceptors (Lipinski definition) is 9. The molecule has 4 aromatic heterocycles. The molecule has 0 saturated carbocycles. The average Bonchev–Trinajstić information content (AvgIpc) is 3.52. The molecule has 1 amide bonds. The molecule has 0 unspecified atom stereocenters. The van der Waals surface area contributed by atoms with Crippen LogP contribution in [0.4, 0.5) is 18.9 Å². The van der Waals surface area contributed by atoms with Gasteiger partial charge < -0.3 is 9.73 Å². The lowest BCUT2D eigenvalue weighted by molar-refractivity contribution is -0.145. The lowest BCUT2D eigenvalue weighted by atomic mass is 10.0. The third-order valence-electron chi connectivity index (χ3n) is 5.26. The lowest BCUT2D eigenvalue weighted by Crippen LogP contribution is -2.19. The van der Waals surface area contributed by atoms with Crippen molar-refractivity contribution in [1.82, 2.24) is 40.1 Å². The molecular formula is C22H15F3N10O2. The molecule has 0 aliphatic rings. The van der Waals surface area contributed by atoms with Gasteiger partial charge in [0, 0.05) is 13.2 Å². The normalized spacial score (nSPS) is 12.3. The summed E-state index contributed by atoms with van der Waals surface area (Å²) < 4.78 is 46.0. The monoisotopic (exact) mass is 508 g/mol. The van der Waals surface area contributed by atoms with E-state index >= 15 is 0 Å². The van der Waals surface area contributed by atoms with Gasteiger partial charge in [0.1, 0.15) is 12.1 Å². The number of nitrogens with one attached hydrogen (secondary N) is 1. The molecular weight excluding hydrogens is 493 g/mol. The maximum atomic E-state index is 12.9. The van der Waals surface area contributed by atoms with Gasteiger partial charge in [0.15, 0.2) is 11.2 Å². The third kappa shape index (κ3) is 4.35. The van der Waals surface area contributed by atoms with E-state index in [1.807, 2.05) is 6.07 Å². The van der Waals surface area contributed by atoms with Gasteiger partial charge in [0.05, 0.1) is 28.6 Å². The molecule has 0 saturated heterocycles. The van der Waals surface area contributed by atoms with Crippen LogP contribution in [0, 0.1) is 18.3 Å². The second-order valence-corrected chi connectivity index (χ2v) is 7.80. The van der Waals surface area contributed by atoms with Crippen LogP contribution in [0.1, 0.15) is 33.0 Å². The molecule has 5 rings (SSSR count). The van der Waals surface area contributed by atoms with Gasteiger partial charge in [0.2, 0.25) is 5.55 Å². The van der Waals surface area contributed by atoms with Crippen LogP contribution < -0.4 is 10.9 Å². The molecule has 15 heteroatoms. The first-order valence-electron chi connectivity index (χ1n) is 10.6. The predicted molar refractivity (Wildman–Crippen MR) is 119 cm³/mol. The van der Waals surface area contributed by atoms with Gasteiger partial charge in [-0.1, -0.05) is 0 Å². The van der Waals surface area contributed by atoms with E-state index in [2.05, 4.69) is 35.8 Å². The number of aryl methyl sites for hydroxylation is 1. The molecule has 12 nitrogen and oxygen atoms in total. The lowest BCUT2D eigenvalue weighted by Gasteiger charge is -2.08. The van der Waals surface area contributed by atoms with Crippen molar-refractivity contribution in [2.75, 3.05) is 7.05 Å². The van der Waals surface area contributed by atoms with Gasteiger partial charge in [-0.25, -0.2) is 14.5 Å². The predicted octanol–water partition coefficient (Wildman–Crippen LogP) is 2.30. The Kier molecular flexibility index (Phi) is 5.63. The van der Waals surface area contributed by atoms with E-state index in [0.29, 0.717) is 22.3 Å². The summed E-state index contributed by atoms with van der Waals surface area (Å²) in [6.07, 6.45) is -3.21. The van der Waals surface area contributed by atoms with Crippen molar-refractivity contribution < 1.29 is 22.4 Å². The van der Waals surface area contributed by atoms with E-state index in [1.165, 1.54) is 29.9 Å². The Labute approximate surface area is 204 Å². The highest BCUT2D eigenvalue weighted by atomic mass is 19.4. The number of carbonyl (C=O) groups is 1. The standard InChI is InChI=1S/C22H15F3N10O2/c1-11-6-12(9-26)7-14(19(36)27-2)17(11)29-20-15-8-13(10-34-32-21(30-33-34)22(23,24)25)31-35(15)18-16(37-20)4-3-5-28-18/h3-8H,10H2,1-2H3,(H,27,36). The maximum absolute atomic E-state index is 12.9.